The molecule has 1 fully saturated rings. The third kappa shape index (κ3) is 3.57. The van der Waals surface area contributed by atoms with Crippen molar-refractivity contribution >= 4 is 5.95 Å². The number of piperidine rings is 1. The lowest BCUT2D eigenvalue weighted by Crippen LogP contribution is -2.38. The van der Waals surface area contributed by atoms with Crippen LogP contribution >= 0.6 is 0 Å². The fourth-order valence-electron chi connectivity index (χ4n) is 3.88. The van der Waals surface area contributed by atoms with Crippen molar-refractivity contribution in [1.29, 1.82) is 0 Å². The van der Waals surface area contributed by atoms with Crippen molar-refractivity contribution in [3.05, 3.63) is 45.6 Å². The molecule has 4 rings (SSSR count). The highest BCUT2D eigenvalue weighted by Gasteiger charge is 2.22. The van der Waals surface area contributed by atoms with Gasteiger partial charge in [0.05, 0.1) is 5.69 Å². The number of fused-ring (bicyclic) bond motifs is 1. The van der Waals surface area contributed by atoms with E-state index >= 15 is 0 Å². The normalized spacial score (nSPS) is 18.2. The Labute approximate surface area is 147 Å². The number of hydrogen-bond acceptors (Lipinski definition) is 5. The second-order valence-electron chi connectivity index (χ2n) is 7.27. The average molecular weight is 339 g/mol. The molecular weight excluding hydrogens is 314 g/mol. The zero-order valence-electron chi connectivity index (χ0n) is 14.8. The lowest BCUT2D eigenvalue weighted by atomic mass is 9.96. The van der Waals surface area contributed by atoms with E-state index in [4.69, 9.17) is 0 Å². The van der Waals surface area contributed by atoms with Gasteiger partial charge < -0.3 is 4.90 Å². The van der Waals surface area contributed by atoms with Crippen LogP contribution in [0.4, 0.5) is 5.95 Å². The first-order chi connectivity index (χ1) is 12.2. The molecule has 0 saturated carbocycles. The maximum atomic E-state index is 12.4. The molecule has 6 heteroatoms. The Morgan fingerprint density at radius 2 is 2.00 bits per heavy atom. The number of hydrogen-bond donors (Lipinski definition) is 0. The fourth-order valence-corrected chi connectivity index (χ4v) is 3.88. The molecular formula is C19H25N5O. The number of aryl methyl sites for hydroxylation is 3. The van der Waals surface area contributed by atoms with Crippen LogP contribution in [0.3, 0.4) is 0 Å². The molecule has 2 aromatic heterocycles. The number of rotatable bonds is 3. The van der Waals surface area contributed by atoms with E-state index in [0.29, 0.717) is 5.92 Å². The summed E-state index contributed by atoms with van der Waals surface area (Å²) in [6.07, 6.45) is 8.29. The van der Waals surface area contributed by atoms with E-state index in [-0.39, 0.29) is 5.56 Å². The largest absolute Gasteiger partial charge is 0.341 e. The molecule has 3 heterocycles. The van der Waals surface area contributed by atoms with E-state index in [1.807, 2.05) is 25.3 Å². The van der Waals surface area contributed by atoms with Crippen LogP contribution in [0, 0.1) is 12.8 Å². The molecule has 6 nitrogen and oxygen atoms in total. The standard InChI is InChI=1S/C19H25N5O/c1-14-6-9-20-19(21-14)23-10-7-15(8-11-23)13-24-18(25)12-16-4-2-3-5-17(16)22-24/h6,9,12,15H,2-5,7-8,10-11,13H2,1H3. The highest BCUT2D eigenvalue weighted by Crippen LogP contribution is 2.22. The van der Waals surface area contributed by atoms with Crippen LogP contribution in [0.25, 0.3) is 0 Å². The van der Waals surface area contributed by atoms with Gasteiger partial charge >= 0.3 is 0 Å². The Hall–Kier alpha value is -2.24. The van der Waals surface area contributed by atoms with Gasteiger partial charge in [-0.25, -0.2) is 14.6 Å². The summed E-state index contributed by atoms with van der Waals surface area (Å²) >= 11 is 0. The fraction of sp³-hybridized carbons (Fsp3) is 0.579. The van der Waals surface area contributed by atoms with Crippen molar-refractivity contribution in [3.63, 3.8) is 0 Å². The number of anilines is 1. The van der Waals surface area contributed by atoms with Gasteiger partial charge in [0.15, 0.2) is 0 Å². The molecule has 0 atom stereocenters. The van der Waals surface area contributed by atoms with E-state index in [9.17, 15) is 4.79 Å². The quantitative estimate of drug-likeness (QED) is 0.857. The molecule has 132 valence electrons. The van der Waals surface area contributed by atoms with Crippen molar-refractivity contribution in [2.75, 3.05) is 18.0 Å². The average Bonchev–Trinajstić information content (AvgIpc) is 2.63. The third-order valence-electron chi connectivity index (χ3n) is 5.38. The van der Waals surface area contributed by atoms with Gasteiger partial charge in [-0.3, -0.25) is 4.79 Å². The summed E-state index contributed by atoms with van der Waals surface area (Å²) in [4.78, 5) is 23.5. The molecule has 0 bridgehead atoms. The van der Waals surface area contributed by atoms with Gasteiger partial charge in [0.25, 0.3) is 5.56 Å². The van der Waals surface area contributed by atoms with Gasteiger partial charge in [-0.15, -0.1) is 0 Å². The molecule has 1 aliphatic carbocycles. The minimum atomic E-state index is 0.0603. The van der Waals surface area contributed by atoms with Crippen molar-refractivity contribution in [2.24, 2.45) is 5.92 Å². The van der Waals surface area contributed by atoms with E-state index in [1.165, 1.54) is 18.4 Å². The van der Waals surface area contributed by atoms with Crippen LogP contribution in [0.1, 0.15) is 42.6 Å². The first kappa shape index (κ1) is 16.2. The topological polar surface area (TPSA) is 63.9 Å². The van der Waals surface area contributed by atoms with E-state index < -0.39 is 0 Å². The van der Waals surface area contributed by atoms with E-state index in [2.05, 4.69) is 20.0 Å². The monoisotopic (exact) mass is 339 g/mol. The van der Waals surface area contributed by atoms with Gasteiger partial charge in [-0.05, 0) is 63.0 Å². The predicted octanol–water partition coefficient (Wildman–Crippen LogP) is 2.14. The Bertz CT molecular complexity index is 808. The summed E-state index contributed by atoms with van der Waals surface area (Å²) in [6.45, 7) is 4.60. The molecule has 2 aliphatic rings. The predicted molar refractivity (Wildman–Crippen MR) is 96.8 cm³/mol. The molecule has 1 saturated heterocycles. The summed E-state index contributed by atoms with van der Waals surface area (Å²) < 4.78 is 1.70. The highest BCUT2D eigenvalue weighted by atomic mass is 16.1. The van der Waals surface area contributed by atoms with Crippen molar-refractivity contribution in [1.82, 2.24) is 19.7 Å². The minimum absolute atomic E-state index is 0.0603. The molecule has 0 unspecified atom stereocenters. The second-order valence-corrected chi connectivity index (χ2v) is 7.27. The lowest BCUT2D eigenvalue weighted by molar-refractivity contribution is 0.330. The second kappa shape index (κ2) is 6.94. The zero-order valence-corrected chi connectivity index (χ0v) is 14.8. The first-order valence-electron chi connectivity index (χ1n) is 9.33. The van der Waals surface area contributed by atoms with Crippen LogP contribution in [0.5, 0.6) is 0 Å². The van der Waals surface area contributed by atoms with E-state index in [1.54, 1.807) is 4.68 Å². The lowest BCUT2D eigenvalue weighted by Gasteiger charge is -2.32. The third-order valence-corrected chi connectivity index (χ3v) is 5.38. The summed E-state index contributed by atoms with van der Waals surface area (Å²) in [7, 11) is 0. The molecule has 1 aliphatic heterocycles. The maximum Gasteiger partial charge on any atom is 0.267 e. The van der Waals surface area contributed by atoms with Crippen LogP contribution in [-0.2, 0) is 19.4 Å². The summed E-state index contributed by atoms with van der Waals surface area (Å²) in [6, 6.07) is 3.74. The number of aromatic nitrogens is 4. The molecule has 0 amide bonds. The van der Waals surface area contributed by atoms with Gasteiger partial charge in [0.1, 0.15) is 0 Å². The summed E-state index contributed by atoms with van der Waals surface area (Å²) in [5.74, 6) is 1.32. The Balaban J connectivity index is 1.41. The molecule has 0 aromatic carbocycles. The Morgan fingerprint density at radius 3 is 2.80 bits per heavy atom. The molecule has 0 spiro atoms. The SMILES string of the molecule is Cc1ccnc(N2CCC(Cn3nc4c(cc3=O)CCCC4)CC2)n1. The van der Waals surface area contributed by atoms with Crippen LogP contribution in [-0.4, -0.2) is 32.8 Å². The Kier molecular flexibility index (Phi) is 4.51. The van der Waals surface area contributed by atoms with Gasteiger partial charge in [-0.2, -0.15) is 5.10 Å². The van der Waals surface area contributed by atoms with Gasteiger partial charge in [0.2, 0.25) is 5.95 Å². The van der Waals surface area contributed by atoms with E-state index in [0.717, 1.165) is 62.7 Å². The summed E-state index contributed by atoms with van der Waals surface area (Å²) in [5.41, 5.74) is 3.36. The van der Waals surface area contributed by atoms with Crippen LogP contribution in [0.2, 0.25) is 0 Å². The van der Waals surface area contributed by atoms with Gasteiger partial charge in [-0.1, -0.05) is 0 Å². The molecule has 25 heavy (non-hydrogen) atoms. The smallest absolute Gasteiger partial charge is 0.267 e. The van der Waals surface area contributed by atoms with Crippen molar-refractivity contribution < 1.29 is 0 Å². The van der Waals surface area contributed by atoms with Crippen molar-refractivity contribution in [3.8, 4) is 0 Å². The van der Waals surface area contributed by atoms with Gasteiger partial charge in [0, 0.05) is 37.6 Å². The van der Waals surface area contributed by atoms with Crippen LogP contribution in [0.15, 0.2) is 23.1 Å². The Morgan fingerprint density at radius 1 is 1.20 bits per heavy atom. The van der Waals surface area contributed by atoms with Crippen molar-refractivity contribution in [2.45, 2.75) is 52.0 Å². The maximum absolute atomic E-state index is 12.4. The number of nitrogens with zero attached hydrogens (tertiary/aromatic N) is 5. The summed E-state index contributed by atoms with van der Waals surface area (Å²) in [5, 5.41) is 4.66. The van der Waals surface area contributed by atoms with Crippen LogP contribution < -0.4 is 10.5 Å². The molecule has 0 radical (unpaired) electrons. The molecule has 2 aromatic rings. The minimum Gasteiger partial charge on any atom is -0.341 e. The highest BCUT2D eigenvalue weighted by molar-refractivity contribution is 5.30. The molecule has 0 N–H and O–H groups in total. The zero-order chi connectivity index (χ0) is 17.2. The first-order valence-corrected chi connectivity index (χ1v) is 9.33.